The molecule has 1 aromatic heterocycles. The van der Waals surface area contributed by atoms with Crippen LogP contribution in [0.3, 0.4) is 0 Å². The highest BCUT2D eigenvalue weighted by Gasteiger charge is 1.98. The van der Waals surface area contributed by atoms with Gasteiger partial charge in [0.25, 0.3) is 0 Å². The van der Waals surface area contributed by atoms with Crippen molar-refractivity contribution < 1.29 is 33.7 Å². The van der Waals surface area contributed by atoms with Gasteiger partial charge >= 0.3 is 0 Å². The zero-order chi connectivity index (χ0) is 9.52. The average Bonchev–Trinajstić information content (AvgIpc) is 2.51. The van der Waals surface area contributed by atoms with Crippen LogP contribution < -0.4 is 28.5 Å². The molecule has 3 nitrogen and oxygen atoms in total. The van der Waals surface area contributed by atoms with Gasteiger partial charge in [0.1, 0.15) is 12.4 Å². The monoisotopic (exact) mass is 310 g/mol. The molecule has 82 valence electrons. The number of rotatable bonds is 6. The van der Waals surface area contributed by atoms with E-state index < -0.39 is 0 Å². The van der Waals surface area contributed by atoms with Crippen molar-refractivity contribution in [3.63, 3.8) is 0 Å². The molecule has 1 N–H and O–H groups in total. The maximum atomic E-state index is 8.58. The number of hydrogen-bond donors (Lipinski definition) is 1. The molecular formula is C10H19IN2O. The highest BCUT2D eigenvalue weighted by Crippen LogP contribution is 2.00. The molecular weight excluding hydrogens is 291 g/mol. The fourth-order valence-electron chi connectivity index (χ4n) is 1.39. The van der Waals surface area contributed by atoms with Crippen LogP contribution in [0.15, 0.2) is 18.7 Å². The lowest BCUT2D eigenvalue weighted by Gasteiger charge is -1.96. The van der Waals surface area contributed by atoms with Gasteiger partial charge in [0.05, 0.1) is 13.6 Å². The molecule has 4 heteroatoms. The summed E-state index contributed by atoms with van der Waals surface area (Å²) >= 11 is 0. The molecule has 1 rings (SSSR count). The first-order valence-electron chi connectivity index (χ1n) is 4.95. The summed E-state index contributed by atoms with van der Waals surface area (Å²) in [6.07, 6.45) is 10.7. The summed E-state index contributed by atoms with van der Waals surface area (Å²) in [6.45, 7) is 1.42. The van der Waals surface area contributed by atoms with E-state index in [-0.39, 0.29) is 24.0 Å². The zero-order valence-electron chi connectivity index (χ0n) is 8.69. The third-order valence-electron chi connectivity index (χ3n) is 2.15. The lowest BCUT2D eigenvalue weighted by molar-refractivity contribution is -0.671. The second-order valence-electron chi connectivity index (χ2n) is 3.45. The van der Waals surface area contributed by atoms with Crippen molar-refractivity contribution in [3.05, 3.63) is 18.7 Å². The summed E-state index contributed by atoms with van der Waals surface area (Å²) in [5.74, 6) is 0. The summed E-state index contributed by atoms with van der Waals surface area (Å²) in [4.78, 5) is 0. The first-order chi connectivity index (χ1) is 6.33. The van der Waals surface area contributed by atoms with E-state index in [2.05, 4.69) is 17.1 Å². The van der Waals surface area contributed by atoms with Gasteiger partial charge in [0.15, 0.2) is 0 Å². The van der Waals surface area contributed by atoms with Crippen LogP contribution in [0.5, 0.6) is 0 Å². The number of aliphatic hydroxyl groups is 1. The number of aliphatic hydroxyl groups excluding tert-OH is 1. The second kappa shape index (κ2) is 8.23. The number of nitrogens with zero attached hydrogens (tertiary/aromatic N) is 2. The van der Waals surface area contributed by atoms with Crippen LogP contribution >= 0.6 is 0 Å². The molecule has 0 spiro atoms. The van der Waals surface area contributed by atoms with Gasteiger partial charge in [0.2, 0.25) is 6.33 Å². The Morgan fingerprint density at radius 1 is 1.21 bits per heavy atom. The van der Waals surface area contributed by atoms with Crippen molar-refractivity contribution >= 4 is 0 Å². The fourth-order valence-corrected chi connectivity index (χ4v) is 1.39. The van der Waals surface area contributed by atoms with Crippen molar-refractivity contribution in [2.24, 2.45) is 7.05 Å². The van der Waals surface area contributed by atoms with Crippen LogP contribution in [0.25, 0.3) is 0 Å². The molecule has 0 atom stereocenters. The van der Waals surface area contributed by atoms with E-state index in [9.17, 15) is 0 Å². The molecule has 0 radical (unpaired) electrons. The van der Waals surface area contributed by atoms with Crippen LogP contribution in [0.2, 0.25) is 0 Å². The third-order valence-corrected chi connectivity index (χ3v) is 2.15. The van der Waals surface area contributed by atoms with Gasteiger partial charge < -0.3 is 29.1 Å². The molecule has 0 unspecified atom stereocenters. The van der Waals surface area contributed by atoms with Crippen molar-refractivity contribution in [1.29, 1.82) is 0 Å². The Hall–Kier alpha value is -0.100. The van der Waals surface area contributed by atoms with E-state index in [1.54, 1.807) is 0 Å². The van der Waals surface area contributed by atoms with E-state index in [4.69, 9.17) is 5.11 Å². The lowest BCUT2D eigenvalue weighted by atomic mass is 10.2. The summed E-state index contributed by atoms with van der Waals surface area (Å²) < 4.78 is 4.24. The molecule has 0 saturated heterocycles. The highest BCUT2D eigenvalue weighted by molar-refractivity contribution is 4.65. The lowest BCUT2D eigenvalue weighted by Crippen LogP contribution is -3.00. The molecule has 1 aromatic rings. The van der Waals surface area contributed by atoms with E-state index >= 15 is 0 Å². The molecule has 14 heavy (non-hydrogen) atoms. The van der Waals surface area contributed by atoms with Crippen molar-refractivity contribution in [3.8, 4) is 0 Å². The Bertz CT molecular complexity index is 238. The van der Waals surface area contributed by atoms with Crippen LogP contribution in [0.4, 0.5) is 0 Å². The van der Waals surface area contributed by atoms with Crippen molar-refractivity contribution in [2.75, 3.05) is 6.61 Å². The van der Waals surface area contributed by atoms with Gasteiger partial charge in [-0.2, -0.15) is 0 Å². The first-order valence-corrected chi connectivity index (χ1v) is 4.95. The molecule has 1 heterocycles. The number of unbranched alkanes of at least 4 members (excludes halogenated alkanes) is 3. The molecule has 0 aromatic carbocycles. The maximum Gasteiger partial charge on any atom is 0.243 e. The quantitative estimate of drug-likeness (QED) is 0.363. The minimum Gasteiger partial charge on any atom is -1.00 e. The Morgan fingerprint density at radius 3 is 2.50 bits per heavy atom. The van der Waals surface area contributed by atoms with Crippen LogP contribution in [-0.2, 0) is 13.6 Å². The second-order valence-corrected chi connectivity index (χ2v) is 3.45. The van der Waals surface area contributed by atoms with Crippen molar-refractivity contribution in [1.82, 2.24) is 4.57 Å². The Morgan fingerprint density at radius 2 is 1.93 bits per heavy atom. The minimum absolute atomic E-state index is 0. The van der Waals surface area contributed by atoms with Crippen LogP contribution in [0, 0.1) is 0 Å². The number of halogens is 1. The smallest absolute Gasteiger partial charge is 0.243 e. The first kappa shape index (κ1) is 13.9. The van der Waals surface area contributed by atoms with Crippen LogP contribution in [0.1, 0.15) is 25.7 Å². The van der Waals surface area contributed by atoms with E-state index in [1.165, 1.54) is 12.8 Å². The normalized spacial score (nSPS) is 9.86. The number of aryl methyl sites for hydroxylation is 2. The molecule has 0 aliphatic rings. The molecule has 0 aliphatic heterocycles. The number of hydrogen-bond acceptors (Lipinski definition) is 1. The fraction of sp³-hybridized carbons (Fsp3) is 0.700. The van der Waals surface area contributed by atoms with Gasteiger partial charge in [-0.25, -0.2) is 9.13 Å². The minimum atomic E-state index is 0. The molecule has 0 fully saturated rings. The SMILES string of the molecule is C[n+]1ccn(CCCCCCO)c1.[I-]. The van der Waals surface area contributed by atoms with E-state index in [0.29, 0.717) is 6.61 Å². The van der Waals surface area contributed by atoms with E-state index in [1.807, 2.05) is 17.8 Å². The summed E-state index contributed by atoms with van der Waals surface area (Å²) in [6, 6.07) is 0. The maximum absolute atomic E-state index is 8.58. The largest absolute Gasteiger partial charge is 1.00 e. The average molecular weight is 310 g/mol. The standard InChI is InChI=1S/C10H19N2O.HI/c1-11-7-8-12(10-11)6-4-2-3-5-9-13;/h7-8,10,13H,2-6,9H2,1H3;1H/q+1;/p-1. The summed E-state index contributed by atoms with van der Waals surface area (Å²) in [7, 11) is 2.03. The predicted molar refractivity (Wildman–Crippen MR) is 51.2 cm³/mol. The van der Waals surface area contributed by atoms with Gasteiger partial charge in [-0.15, -0.1) is 0 Å². The number of imidazole rings is 1. The zero-order valence-corrected chi connectivity index (χ0v) is 10.9. The molecule has 0 aliphatic carbocycles. The molecule has 0 amide bonds. The van der Waals surface area contributed by atoms with Gasteiger partial charge in [-0.1, -0.05) is 6.42 Å². The van der Waals surface area contributed by atoms with Gasteiger partial charge in [-0.3, -0.25) is 0 Å². The Labute approximate surface area is 103 Å². The van der Waals surface area contributed by atoms with Crippen LogP contribution in [-0.4, -0.2) is 16.3 Å². The Kier molecular flexibility index (Phi) is 8.17. The molecule has 0 saturated carbocycles. The van der Waals surface area contributed by atoms with Crippen molar-refractivity contribution in [2.45, 2.75) is 32.2 Å². The topological polar surface area (TPSA) is 29.0 Å². The predicted octanol–water partition coefficient (Wildman–Crippen LogP) is -2.13. The third kappa shape index (κ3) is 5.59. The van der Waals surface area contributed by atoms with Gasteiger partial charge in [-0.05, 0) is 19.3 Å². The number of aromatic nitrogens is 2. The Balaban J connectivity index is 0.00000169. The van der Waals surface area contributed by atoms with Gasteiger partial charge in [0, 0.05) is 6.61 Å². The highest BCUT2D eigenvalue weighted by atomic mass is 127. The summed E-state index contributed by atoms with van der Waals surface area (Å²) in [5, 5.41) is 8.58. The van der Waals surface area contributed by atoms with E-state index in [0.717, 1.165) is 19.4 Å². The molecule has 0 bridgehead atoms. The summed E-state index contributed by atoms with van der Waals surface area (Å²) in [5.41, 5.74) is 0.